The lowest BCUT2D eigenvalue weighted by Crippen LogP contribution is -2.10. The van der Waals surface area contributed by atoms with Crippen LogP contribution in [-0.4, -0.2) is 21.3 Å². The lowest BCUT2D eigenvalue weighted by molar-refractivity contribution is -0.147. The zero-order valence-corrected chi connectivity index (χ0v) is 8.36. The number of carbonyl (C=O) groups is 1. The molecule has 1 aromatic carbocycles. The van der Waals surface area contributed by atoms with Crippen molar-refractivity contribution in [2.45, 2.75) is 6.10 Å². The lowest BCUT2D eigenvalue weighted by Gasteiger charge is -2.08. The number of aliphatic carboxylic acids is 1. The Balaban J connectivity index is 2.62. The SMILES string of the molecule is O=C(O)C(O)c1ccc2sccc2c1O. The standard InChI is InChI=1S/C10H8O4S/c11-8-5-3-4-15-7(5)2-1-6(8)9(12)10(13)14/h1-4,9,11-12H,(H,13,14). The third kappa shape index (κ3) is 1.55. The molecule has 1 unspecified atom stereocenters. The molecule has 78 valence electrons. The number of hydrogen-bond donors (Lipinski definition) is 3. The van der Waals surface area contributed by atoms with Gasteiger partial charge in [-0.15, -0.1) is 11.3 Å². The molecule has 0 bridgehead atoms. The van der Waals surface area contributed by atoms with Crippen LogP contribution in [0.15, 0.2) is 23.6 Å². The van der Waals surface area contributed by atoms with E-state index in [1.54, 1.807) is 17.5 Å². The first-order chi connectivity index (χ1) is 7.11. The van der Waals surface area contributed by atoms with Gasteiger partial charge in [-0.2, -0.15) is 0 Å². The van der Waals surface area contributed by atoms with E-state index in [1.807, 2.05) is 0 Å². The number of fused-ring (bicyclic) bond motifs is 1. The molecule has 0 aliphatic rings. The van der Waals surface area contributed by atoms with Crippen LogP contribution < -0.4 is 0 Å². The van der Waals surface area contributed by atoms with E-state index in [-0.39, 0.29) is 11.3 Å². The van der Waals surface area contributed by atoms with Crippen molar-refractivity contribution in [3.05, 3.63) is 29.1 Å². The number of carboxylic acids is 1. The Bertz CT molecular complexity index is 517. The smallest absolute Gasteiger partial charge is 0.337 e. The molecule has 1 aromatic heterocycles. The molecule has 1 atom stereocenters. The molecule has 15 heavy (non-hydrogen) atoms. The second-order valence-corrected chi connectivity index (χ2v) is 4.02. The number of phenols is 1. The molecule has 4 nitrogen and oxygen atoms in total. The summed E-state index contributed by atoms with van der Waals surface area (Å²) in [6.07, 6.45) is -1.69. The van der Waals surface area contributed by atoms with Crippen molar-refractivity contribution < 1.29 is 20.1 Å². The number of benzene rings is 1. The van der Waals surface area contributed by atoms with Crippen LogP contribution in [0.25, 0.3) is 10.1 Å². The van der Waals surface area contributed by atoms with Gasteiger partial charge < -0.3 is 15.3 Å². The zero-order valence-electron chi connectivity index (χ0n) is 7.54. The zero-order chi connectivity index (χ0) is 11.0. The first-order valence-electron chi connectivity index (χ1n) is 4.21. The van der Waals surface area contributed by atoms with Crippen molar-refractivity contribution in [2.24, 2.45) is 0 Å². The van der Waals surface area contributed by atoms with Crippen molar-refractivity contribution in [1.82, 2.24) is 0 Å². The minimum atomic E-state index is -1.69. The summed E-state index contributed by atoms with van der Waals surface area (Å²) in [5.74, 6) is -1.54. The number of phenolic OH excluding ortho intramolecular Hbond substituents is 1. The van der Waals surface area contributed by atoms with Gasteiger partial charge in [-0.1, -0.05) is 6.07 Å². The highest BCUT2D eigenvalue weighted by atomic mass is 32.1. The number of hydrogen-bond acceptors (Lipinski definition) is 4. The van der Waals surface area contributed by atoms with E-state index in [1.165, 1.54) is 17.4 Å². The Morgan fingerprint density at radius 2 is 2.07 bits per heavy atom. The van der Waals surface area contributed by atoms with Crippen molar-refractivity contribution in [3.8, 4) is 5.75 Å². The fourth-order valence-electron chi connectivity index (χ4n) is 1.40. The summed E-state index contributed by atoms with van der Waals surface area (Å²) in [6, 6.07) is 4.79. The van der Waals surface area contributed by atoms with Crippen LogP contribution in [0.5, 0.6) is 5.75 Å². The van der Waals surface area contributed by atoms with E-state index in [2.05, 4.69) is 0 Å². The minimum Gasteiger partial charge on any atom is -0.507 e. The number of aliphatic hydroxyl groups is 1. The maximum Gasteiger partial charge on any atom is 0.337 e. The maximum atomic E-state index is 10.6. The maximum absolute atomic E-state index is 10.6. The van der Waals surface area contributed by atoms with Crippen molar-refractivity contribution in [3.63, 3.8) is 0 Å². The Labute approximate surface area is 89.0 Å². The van der Waals surface area contributed by atoms with Crippen molar-refractivity contribution in [1.29, 1.82) is 0 Å². The van der Waals surface area contributed by atoms with Crippen molar-refractivity contribution >= 4 is 27.4 Å². The summed E-state index contributed by atoms with van der Waals surface area (Å²) in [5, 5.41) is 30.0. The number of rotatable bonds is 2. The molecule has 1 heterocycles. The molecule has 0 saturated heterocycles. The predicted molar refractivity (Wildman–Crippen MR) is 56.1 cm³/mol. The monoisotopic (exact) mass is 224 g/mol. The van der Waals surface area contributed by atoms with Crippen LogP contribution in [0, 0.1) is 0 Å². The van der Waals surface area contributed by atoms with Gasteiger partial charge in [0.05, 0.1) is 0 Å². The first-order valence-corrected chi connectivity index (χ1v) is 5.09. The molecule has 2 aromatic rings. The Hall–Kier alpha value is -1.59. The summed E-state index contributed by atoms with van der Waals surface area (Å²) in [7, 11) is 0. The van der Waals surface area contributed by atoms with E-state index >= 15 is 0 Å². The normalized spacial score (nSPS) is 12.9. The third-order valence-corrected chi connectivity index (χ3v) is 3.05. The molecule has 5 heteroatoms. The summed E-state index contributed by atoms with van der Waals surface area (Å²) in [5.41, 5.74) is 0.0217. The minimum absolute atomic E-state index is 0.0217. The number of aromatic hydroxyl groups is 1. The molecule has 0 saturated carbocycles. The van der Waals surface area contributed by atoms with Gasteiger partial charge in [-0.3, -0.25) is 0 Å². The van der Waals surface area contributed by atoms with Gasteiger partial charge in [-0.25, -0.2) is 4.79 Å². The molecule has 0 amide bonds. The van der Waals surface area contributed by atoms with E-state index in [4.69, 9.17) is 5.11 Å². The molecule has 0 fully saturated rings. The van der Waals surface area contributed by atoms with E-state index in [0.29, 0.717) is 5.39 Å². The number of thiophene rings is 1. The van der Waals surface area contributed by atoms with Gasteiger partial charge in [0, 0.05) is 15.6 Å². The van der Waals surface area contributed by atoms with Gasteiger partial charge in [0.1, 0.15) is 5.75 Å². The summed E-state index contributed by atoms with van der Waals surface area (Å²) in [4.78, 5) is 10.6. The molecule has 0 spiro atoms. The Morgan fingerprint density at radius 1 is 1.33 bits per heavy atom. The fraction of sp³-hybridized carbons (Fsp3) is 0.100. The average molecular weight is 224 g/mol. The van der Waals surface area contributed by atoms with Gasteiger partial charge in [0.15, 0.2) is 6.10 Å². The fourth-order valence-corrected chi connectivity index (χ4v) is 2.19. The van der Waals surface area contributed by atoms with Crippen molar-refractivity contribution in [2.75, 3.05) is 0 Å². The predicted octanol–water partition coefficient (Wildman–Crippen LogP) is 1.72. The van der Waals surface area contributed by atoms with Crippen LogP contribution in [0.1, 0.15) is 11.7 Å². The Kier molecular flexibility index (Phi) is 2.34. The van der Waals surface area contributed by atoms with Gasteiger partial charge in [0.2, 0.25) is 0 Å². The highest BCUT2D eigenvalue weighted by molar-refractivity contribution is 7.17. The van der Waals surface area contributed by atoms with Crippen LogP contribution in [0.3, 0.4) is 0 Å². The molecule has 3 N–H and O–H groups in total. The van der Waals surface area contributed by atoms with Crippen LogP contribution in [0.2, 0.25) is 0 Å². The number of carboxylic acid groups (broad SMARTS) is 1. The molecular weight excluding hydrogens is 216 g/mol. The Morgan fingerprint density at radius 3 is 2.73 bits per heavy atom. The second-order valence-electron chi connectivity index (χ2n) is 3.08. The van der Waals surface area contributed by atoms with Crippen LogP contribution in [-0.2, 0) is 4.79 Å². The first kappa shape index (κ1) is 9.95. The van der Waals surface area contributed by atoms with E-state index < -0.39 is 12.1 Å². The second kappa shape index (κ2) is 3.52. The van der Waals surface area contributed by atoms with E-state index in [9.17, 15) is 15.0 Å². The summed E-state index contributed by atoms with van der Waals surface area (Å²) < 4.78 is 0.855. The van der Waals surface area contributed by atoms with Gasteiger partial charge in [-0.05, 0) is 17.5 Å². The molecule has 2 rings (SSSR count). The van der Waals surface area contributed by atoms with E-state index in [0.717, 1.165) is 4.70 Å². The average Bonchev–Trinajstić information content (AvgIpc) is 2.66. The molecular formula is C10H8O4S. The third-order valence-electron chi connectivity index (χ3n) is 2.17. The number of aliphatic hydroxyl groups excluding tert-OH is 1. The topological polar surface area (TPSA) is 77.8 Å². The lowest BCUT2D eigenvalue weighted by atomic mass is 10.1. The van der Waals surface area contributed by atoms with Gasteiger partial charge >= 0.3 is 5.97 Å². The van der Waals surface area contributed by atoms with Gasteiger partial charge in [0.25, 0.3) is 0 Å². The molecule has 0 radical (unpaired) electrons. The largest absolute Gasteiger partial charge is 0.507 e. The van der Waals surface area contributed by atoms with Crippen LogP contribution >= 0.6 is 11.3 Å². The molecule has 0 aliphatic heterocycles. The molecule has 0 aliphatic carbocycles. The van der Waals surface area contributed by atoms with Crippen LogP contribution in [0.4, 0.5) is 0 Å². The summed E-state index contributed by atoms with van der Waals surface area (Å²) in [6.45, 7) is 0. The summed E-state index contributed by atoms with van der Waals surface area (Å²) >= 11 is 1.44. The highest BCUT2D eigenvalue weighted by Gasteiger charge is 2.20. The highest BCUT2D eigenvalue weighted by Crippen LogP contribution is 2.35. The quantitative estimate of drug-likeness (QED) is 0.725.